The van der Waals surface area contributed by atoms with E-state index in [1.54, 1.807) is 0 Å². The fourth-order valence-corrected chi connectivity index (χ4v) is 3.98. The van der Waals surface area contributed by atoms with E-state index in [9.17, 15) is 4.79 Å². The molecule has 1 aliphatic heterocycles. The summed E-state index contributed by atoms with van der Waals surface area (Å²) in [4.78, 5) is 17.2. The number of aromatic nitrogens is 3. The fourth-order valence-electron chi connectivity index (χ4n) is 3.98. The Kier molecular flexibility index (Phi) is 5.93. The molecule has 0 spiro atoms. The third-order valence-corrected chi connectivity index (χ3v) is 5.55. The number of benzene rings is 1. The van der Waals surface area contributed by atoms with Crippen LogP contribution in [0.4, 0.5) is 11.6 Å². The van der Waals surface area contributed by atoms with Gasteiger partial charge in [-0.15, -0.1) is 10.2 Å². The Hall–Kier alpha value is -3.09. The zero-order chi connectivity index (χ0) is 20.1. The number of piperidine rings is 1. The monoisotopic (exact) mass is 392 g/mol. The van der Waals surface area contributed by atoms with Crippen molar-refractivity contribution < 1.29 is 4.79 Å². The van der Waals surface area contributed by atoms with Gasteiger partial charge in [0, 0.05) is 44.6 Å². The number of anilines is 2. The van der Waals surface area contributed by atoms with Crippen molar-refractivity contribution in [3.8, 4) is 0 Å². The lowest BCUT2D eigenvalue weighted by molar-refractivity contribution is -0.125. The minimum absolute atomic E-state index is 0.0217. The molecule has 0 bridgehead atoms. The normalized spacial score (nSPS) is 16.7. The lowest BCUT2D eigenvalue weighted by atomic mass is 9.97. The molecule has 0 aliphatic carbocycles. The maximum absolute atomic E-state index is 12.8. The van der Waals surface area contributed by atoms with E-state index >= 15 is 0 Å². The molecule has 1 fully saturated rings. The standard InChI is InChI=1S/C22H28N6O/c1-2-26(19-10-4-3-5-11-19)16-13-23-21(29)18-9-8-14-27(17-18)22-25-24-20-12-6-7-15-28(20)22/h3-7,10-12,15,18H,2,8-9,13-14,16-17H2,1H3,(H,23,29). The molecule has 152 valence electrons. The topological polar surface area (TPSA) is 65.8 Å². The number of fused-ring (bicyclic) bond motifs is 1. The first-order chi connectivity index (χ1) is 14.3. The summed E-state index contributed by atoms with van der Waals surface area (Å²) in [6, 6.07) is 16.2. The largest absolute Gasteiger partial charge is 0.370 e. The summed E-state index contributed by atoms with van der Waals surface area (Å²) in [6.45, 7) is 6.08. The lowest BCUT2D eigenvalue weighted by Gasteiger charge is -2.32. The summed E-state index contributed by atoms with van der Waals surface area (Å²) in [7, 11) is 0. The van der Waals surface area contributed by atoms with E-state index in [0.717, 1.165) is 44.1 Å². The van der Waals surface area contributed by atoms with Gasteiger partial charge in [-0.25, -0.2) is 0 Å². The molecular formula is C22H28N6O. The van der Waals surface area contributed by atoms with Crippen LogP contribution in [0.25, 0.3) is 5.65 Å². The number of likely N-dealkylation sites (N-methyl/N-ethyl adjacent to an activating group) is 1. The second kappa shape index (κ2) is 8.94. The fraction of sp³-hybridized carbons (Fsp3) is 0.409. The predicted molar refractivity (Wildman–Crippen MR) is 115 cm³/mol. The van der Waals surface area contributed by atoms with Crippen LogP contribution in [0.2, 0.25) is 0 Å². The average molecular weight is 393 g/mol. The molecule has 0 saturated carbocycles. The molecule has 3 aromatic rings. The summed E-state index contributed by atoms with van der Waals surface area (Å²) >= 11 is 0. The molecule has 0 radical (unpaired) electrons. The first kappa shape index (κ1) is 19.2. The minimum atomic E-state index is -0.0217. The number of amides is 1. The van der Waals surface area contributed by atoms with E-state index in [1.165, 1.54) is 5.69 Å². The van der Waals surface area contributed by atoms with Gasteiger partial charge in [-0.05, 0) is 44.0 Å². The SMILES string of the molecule is CCN(CCNC(=O)C1CCCN(c2nnc3ccccn23)C1)c1ccccc1. The Morgan fingerprint density at radius 2 is 2.00 bits per heavy atom. The van der Waals surface area contributed by atoms with Gasteiger partial charge in [-0.3, -0.25) is 9.20 Å². The summed E-state index contributed by atoms with van der Waals surface area (Å²) in [6.07, 6.45) is 3.86. The quantitative estimate of drug-likeness (QED) is 0.670. The van der Waals surface area contributed by atoms with Crippen LogP contribution in [0.15, 0.2) is 54.7 Å². The highest BCUT2D eigenvalue weighted by Crippen LogP contribution is 2.22. The summed E-state index contributed by atoms with van der Waals surface area (Å²) in [5.41, 5.74) is 2.02. The molecule has 1 atom stereocenters. The molecule has 1 aliphatic rings. The highest BCUT2D eigenvalue weighted by molar-refractivity contribution is 5.79. The third-order valence-electron chi connectivity index (χ3n) is 5.55. The molecular weight excluding hydrogens is 364 g/mol. The van der Waals surface area contributed by atoms with Crippen LogP contribution in [0.3, 0.4) is 0 Å². The van der Waals surface area contributed by atoms with E-state index in [4.69, 9.17) is 0 Å². The van der Waals surface area contributed by atoms with Gasteiger partial charge < -0.3 is 15.1 Å². The van der Waals surface area contributed by atoms with Gasteiger partial charge in [0.15, 0.2) is 5.65 Å². The summed E-state index contributed by atoms with van der Waals surface area (Å²) in [5.74, 6) is 0.929. The molecule has 7 heteroatoms. The van der Waals surface area contributed by atoms with Crippen molar-refractivity contribution in [3.05, 3.63) is 54.7 Å². The molecule has 1 unspecified atom stereocenters. The number of hydrogen-bond acceptors (Lipinski definition) is 5. The second-order valence-corrected chi connectivity index (χ2v) is 7.42. The molecule has 4 rings (SSSR count). The van der Waals surface area contributed by atoms with Crippen molar-refractivity contribution in [2.45, 2.75) is 19.8 Å². The van der Waals surface area contributed by atoms with Crippen LogP contribution < -0.4 is 15.1 Å². The van der Waals surface area contributed by atoms with E-state index in [1.807, 2.05) is 47.0 Å². The number of rotatable bonds is 7. The van der Waals surface area contributed by atoms with Crippen LogP contribution in [0, 0.1) is 5.92 Å². The van der Waals surface area contributed by atoms with Gasteiger partial charge in [0.1, 0.15) is 0 Å². The molecule has 3 heterocycles. The van der Waals surface area contributed by atoms with Gasteiger partial charge in [-0.1, -0.05) is 24.3 Å². The second-order valence-electron chi connectivity index (χ2n) is 7.42. The Morgan fingerprint density at radius 3 is 2.83 bits per heavy atom. The number of para-hydroxylation sites is 1. The van der Waals surface area contributed by atoms with E-state index in [0.29, 0.717) is 13.1 Å². The zero-order valence-electron chi connectivity index (χ0n) is 16.9. The van der Waals surface area contributed by atoms with Crippen LogP contribution in [-0.2, 0) is 4.79 Å². The average Bonchev–Trinajstić information content (AvgIpc) is 3.21. The van der Waals surface area contributed by atoms with Crippen LogP contribution in [0.1, 0.15) is 19.8 Å². The maximum atomic E-state index is 12.8. The Balaban J connectivity index is 1.33. The van der Waals surface area contributed by atoms with Crippen LogP contribution in [0.5, 0.6) is 0 Å². The minimum Gasteiger partial charge on any atom is -0.370 e. The maximum Gasteiger partial charge on any atom is 0.231 e. The van der Waals surface area contributed by atoms with Crippen molar-refractivity contribution >= 4 is 23.2 Å². The van der Waals surface area contributed by atoms with Crippen molar-refractivity contribution in [2.24, 2.45) is 5.92 Å². The van der Waals surface area contributed by atoms with Crippen LogP contribution >= 0.6 is 0 Å². The summed E-state index contributed by atoms with van der Waals surface area (Å²) in [5, 5.41) is 11.7. The van der Waals surface area contributed by atoms with E-state index in [-0.39, 0.29) is 11.8 Å². The smallest absolute Gasteiger partial charge is 0.231 e. The van der Waals surface area contributed by atoms with Crippen molar-refractivity contribution in [1.82, 2.24) is 19.9 Å². The number of hydrogen-bond donors (Lipinski definition) is 1. The summed E-state index contributed by atoms with van der Waals surface area (Å²) < 4.78 is 1.99. The van der Waals surface area contributed by atoms with Gasteiger partial charge in [0.2, 0.25) is 11.9 Å². The number of carbonyl (C=O) groups excluding carboxylic acids is 1. The van der Waals surface area contributed by atoms with Gasteiger partial charge >= 0.3 is 0 Å². The highest BCUT2D eigenvalue weighted by atomic mass is 16.1. The van der Waals surface area contributed by atoms with E-state index < -0.39 is 0 Å². The first-order valence-electron chi connectivity index (χ1n) is 10.4. The molecule has 1 saturated heterocycles. The van der Waals surface area contributed by atoms with Gasteiger partial charge in [0.25, 0.3) is 0 Å². The molecule has 7 nitrogen and oxygen atoms in total. The van der Waals surface area contributed by atoms with Crippen molar-refractivity contribution in [3.63, 3.8) is 0 Å². The third kappa shape index (κ3) is 4.34. The number of pyridine rings is 1. The molecule has 1 N–H and O–H groups in total. The van der Waals surface area contributed by atoms with Gasteiger partial charge in [-0.2, -0.15) is 0 Å². The highest BCUT2D eigenvalue weighted by Gasteiger charge is 2.28. The molecule has 1 amide bonds. The lowest BCUT2D eigenvalue weighted by Crippen LogP contribution is -2.45. The molecule has 1 aromatic carbocycles. The molecule has 29 heavy (non-hydrogen) atoms. The zero-order valence-corrected chi connectivity index (χ0v) is 16.9. The number of nitrogens with one attached hydrogen (secondary N) is 1. The number of carbonyl (C=O) groups is 1. The van der Waals surface area contributed by atoms with Crippen LogP contribution in [-0.4, -0.2) is 53.2 Å². The number of nitrogens with zero attached hydrogens (tertiary/aromatic N) is 5. The predicted octanol–water partition coefficient (Wildman–Crippen LogP) is 2.59. The van der Waals surface area contributed by atoms with Crippen molar-refractivity contribution in [1.29, 1.82) is 0 Å². The Bertz CT molecular complexity index is 941. The van der Waals surface area contributed by atoms with E-state index in [2.05, 4.69) is 44.4 Å². The first-order valence-corrected chi connectivity index (χ1v) is 10.4. The van der Waals surface area contributed by atoms with Crippen molar-refractivity contribution in [2.75, 3.05) is 42.5 Å². The Labute approximate surface area is 171 Å². The van der Waals surface area contributed by atoms with Gasteiger partial charge in [0.05, 0.1) is 5.92 Å². The Morgan fingerprint density at radius 1 is 1.17 bits per heavy atom. The molecule has 2 aromatic heterocycles.